The molecule has 3 heterocycles. The average molecular weight is 426 g/mol. The molecule has 0 aliphatic carbocycles. The van der Waals surface area contributed by atoms with Gasteiger partial charge in [-0.2, -0.15) is 13.2 Å². The van der Waals surface area contributed by atoms with Crippen molar-refractivity contribution in [3.8, 4) is 11.1 Å². The number of carbonyl (C=O) groups is 1. The Kier molecular flexibility index (Phi) is 4.18. The van der Waals surface area contributed by atoms with Gasteiger partial charge in [0.15, 0.2) is 0 Å². The summed E-state index contributed by atoms with van der Waals surface area (Å²) in [5.74, 6) is -1.17. The van der Waals surface area contributed by atoms with Gasteiger partial charge in [0.2, 0.25) is 11.7 Å². The van der Waals surface area contributed by atoms with Crippen molar-refractivity contribution in [3.63, 3.8) is 0 Å². The molecule has 1 amide bonds. The molecule has 31 heavy (non-hydrogen) atoms. The standard InChI is InChI=1S/C22H17F3N4O2/c1-10-19(11(2)31-29-10)12-7-15(20-17(8-12)27-21(28-20)22(23,24)25)14-9-18(30)26-16-6-4-3-5-13(14)16/h3-8,14H,9H2,1-2H3,(H,26,30)(H,27,28). The molecule has 1 unspecified atom stereocenters. The Bertz CT molecular complexity index is 1320. The van der Waals surface area contributed by atoms with Crippen LogP contribution in [-0.4, -0.2) is 21.0 Å². The Morgan fingerprint density at radius 3 is 2.61 bits per heavy atom. The summed E-state index contributed by atoms with van der Waals surface area (Å²) in [4.78, 5) is 18.7. The van der Waals surface area contributed by atoms with Crippen LogP contribution >= 0.6 is 0 Å². The predicted octanol–water partition coefficient (Wildman–Crippen LogP) is 5.33. The monoisotopic (exact) mass is 426 g/mol. The van der Waals surface area contributed by atoms with Gasteiger partial charge in [0.25, 0.3) is 0 Å². The molecule has 158 valence electrons. The van der Waals surface area contributed by atoms with Crippen LogP contribution in [0.2, 0.25) is 0 Å². The molecule has 1 aliphatic rings. The van der Waals surface area contributed by atoms with Gasteiger partial charge in [-0.3, -0.25) is 4.79 Å². The number of aryl methyl sites for hydroxylation is 2. The highest BCUT2D eigenvalue weighted by atomic mass is 19.4. The highest BCUT2D eigenvalue weighted by Gasteiger charge is 2.36. The van der Waals surface area contributed by atoms with Gasteiger partial charge in [0, 0.05) is 23.6 Å². The number of alkyl halides is 3. The number of aromatic nitrogens is 3. The molecule has 6 nitrogen and oxygen atoms in total. The quantitative estimate of drug-likeness (QED) is 0.454. The van der Waals surface area contributed by atoms with Gasteiger partial charge in [0.1, 0.15) is 5.76 Å². The molecule has 0 fully saturated rings. The Morgan fingerprint density at radius 1 is 1.13 bits per heavy atom. The fraction of sp³-hybridized carbons (Fsp3) is 0.227. The summed E-state index contributed by atoms with van der Waals surface area (Å²) in [5, 5.41) is 6.79. The van der Waals surface area contributed by atoms with Crippen molar-refractivity contribution in [1.29, 1.82) is 0 Å². The van der Waals surface area contributed by atoms with Crippen molar-refractivity contribution in [1.82, 2.24) is 15.1 Å². The highest BCUT2D eigenvalue weighted by Crippen LogP contribution is 2.42. The van der Waals surface area contributed by atoms with Gasteiger partial charge in [-0.1, -0.05) is 23.4 Å². The largest absolute Gasteiger partial charge is 0.449 e. The topological polar surface area (TPSA) is 83.8 Å². The molecule has 2 N–H and O–H groups in total. The van der Waals surface area contributed by atoms with Gasteiger partial charge in [-0.15, -0.1) is 0 Å². The summed E-state index contributed by atoms with van der Waals surface area (Å²) < 4.78 is 45.5. The van der Waals surface area contributed by atoms with Crippen molar-refractivity contribution in [2.75, 3.05) is 5.32 Å². The zero-order chi connectivity index (χ0) is 21.9. The Hall–Kier alpha value is -3.62. The van der Waals surface area contributed by atoms with E-state index >= 15 is 0 Å². The SMILES string of the molecule is Cc1noc(C)c1-c1cc(C2CC(=O)Nc3ccccc32)c2nc(C(F)(F)F)[nH]c2c1. The van der Waals surface area contributed by atoms with E-state index in [1.165, 1.54) is 0 Å². The summed E-state index contributed by atoms with van der Waals surface area (Å²) in [7, 11) is 0. The first-order valence-electron chi connectivity index (χ1n) is 9.65. The van der Waals surface area contributed by atoms with E-state index in [0.717, 1.165) is 5.56 Å². The third kappa shape index (κ3) is 3.17. The van der Waals surface area contributed by atoms with Crippen molar-refractivity contribution in [2.24, 2.45) is 0 Å². The second-order valence-corrected chi connectivity index (χ2v) is 7.64. The number of halogens is 3. The van der Waals surface area contributed by atoms with Crippen LogP contribution in [0.15, 0.2) is 40.9 Å². The van der Waals surface area contributed by atoms with E-state index in [1.807, 2.05) is 12.1 Å². The molecule has 1 aliphatic heterocycles. The van der Waals surface area contributed by atoms with Crippen LogP contribution in [-0.2, 0) is 11.0 Å². The number of hydrogen-bond acceptors (Lipinski definition) is 4. The van der Waals surface area contributed by atoms with Gasteiger partial charge in [-0.25, -0.2) is 4.98 Å². The first kappa shape index (κ1) is 19.3. The smallest absolute Gasteiger partial charge is 0.361 e. The number of amides is 1. The lowest BCUT2D eigenvalue weighted by Gasteiger charge is -2.26. The van der Waals surface area contributed by atoms with Gasteiger partial charge in [0.05, 0.1) is 16.7 Å². The van der Waals surface area contributed by atoms with E-state index in [9.17, 15) is 18.0 Å². The summed E-state index contributed by atoms with van der Waals surface area (Å²) in [6, 6.07) is 10.7. The normalized spacial score (nSPS) is 16.4. The molecular weight excluding hydrogens is 409 g/mol. The molecule has 2 aromatic heterocycles. The highest BCUT2D eigenvalue weighted by molar-refractivity contribution is 5.97. The lowest BCUT2D eigenvalue weighted by atomic mass is 9.83. The van der Waals surface area contributed by atoms with Gasteiger partial charge < -0.3 is 14.8 Å². The summed E-state index contributed by atoms with van der Waals surface area (Å²) in [5.41, 5.74) is 4.43. The van der Waals surface area contributed by atoms with E-state index in [-0.39, 0.29) is 23.4 Å². The lowest BCUT2D eigenvalue weighted by Crippen LogP contribution is -2.23. The average Bonchev–Trinajstić information content (AvgIpc) is 3.29. The van der Waals surface area contributed by atoms with Crippen LogP contribution in [0.3, 0.4) is 0 Å². The van der Waals surface area contributed by atoms with E-state index in [0.29, 0.717) is 33.8 Å². The number of benzene rings is 2. The number of fused-ring (bicyclic) bond motifs is 2. The van der Waals surface area contributed by atoms with E-state index < -0.39 is 17.9 Å². The lowest BCUT2D eigenvalue weighted by molar-refractivity contribution is -0.144. The maximum Gasteiger partial charge on any atom is 0.449 e. The van der Waals surface area contributed by atoms with E-state index in [2.05, 4.69) is 20.4 Å². The third-order valence-corrected chi connectivity index (χ3v) is 5.58. The molecule has 5 rings (SSSR count). The fourth-order valence-electron chi connectivity index (χ4n) is 4.27. The molecule has 0 bridgehead atoms. The zero-order valence-electron chi connectivity index (χ0n) is 16.6. The van der Waals surface area contributed by atoms with E-state index in [1.54, 1.807) is 38.1 Å². The number of para-hydroxylation sites is 1. The Morgan fingerprint density at radius 2 is 1.90 bits per heavy atom. The van der Waals surface area contributed by atoms with Crippen LogP contribution < -0.4 is 5.32 Å². The van der Waals surface area contributed by atoms with Gasteiger partial charge in [-0.05, 0) is 48.7 Å². The molecule has 4 aromatic rings. The molecule has 0 saturated carbocycles. The molecule has 1 atom stereocenters. The predicted molar refractivity (Wildman–Crippen MR) is 108 cm³/mol. The second-order valence-electron chi connectivity index (χ2n) is 7.64. The molecule has 9 heteroatoms. The number of anilines is 1. The molecule has 0 spiro atoms. The van der Waals surface area contributed by atoms with Crippen molar-refractivity contribution in [2.45, 2.75) is 32.4 Å². The maximum absolute atomic E-state index is 13.4. The Labute approximate surface area is 174 Å². The number of imidazole rings is 1. The van der Waals surface area contributed by atoms with Crippen molar-refractivity contribution >= 4 is 22.6 Å². The van der Waals surface area contributed by atoms with Crippen LogP contribution in [0.4, 0.5) is 18.9 Å². The summed E-state index contributed by atoms with van der Waals surface area (Å²) in [6.07, 6.45) is -4.52. The summed E-state index contributed by atoms with van der Waals surface area (Å²) in [6.45, 7) is 3.52. The Balaban J connectivity index is 1.81. The minimum Gasteiger partial charge on any atom is -0.361 e. The van der Waals surface area contributed by atoms with Gasteiger partial charge >= 0.3 is 6.18 Å². The first-order valence-corrected chi connectivity index (χ1v) is 9.65. The fourth-order valence-corrected chi connectivity index (χ4v) is 4.27. The molecular formula is C22H17F3N4O2. The van der Waals surface area contributed by atoms with Crippen molar-refractivity contribution in [3.05, 3.63) is 64.8 Å². The van der Waals surface area contributed by atoms with Crippen LogP contribution in [0, 0.1) is 13.8 Å². The van der Waals surface area contributed by atoms with Crippen LogP contribution in [0.5, 0.6) is 0 Å². The zero-order valence-corrected chi connectivity index (χ0v) is 16.6. The molecule has 2 aromatic carbocycles. The minimum absolute atomic E-state index is 0.103. The minimum atomic E-state index is -4.62. The molecule has 0 radical (unpaired) electrons. The van der Waals surface area contributed by atoms with Crippen LogP contribution in [0.1, 0.15) is 40.7 Å². The number of aromatic amines is 1. The van der Waals surface area contributed by atoms with Crippen LogP contribution in [0.25, 0.3) is 22.2 Å². The second kappa shape index (κ2) is 6.69. The number of carbonyl (C=O) groups excluding carboxylic acids is 1. The third-order valence-electron chi connectivity index (χ3n) is 5.58. The number of hydrogen-bond donors (Lipinski definition) is 2. The van der Waals surface area contributed by atoms with E-state index in [4.69, 9.17) is 4.52 Å². The number of nitrogens with one attached hydrogen (secondary N) is 2. The molecule has 0 saturated heterocycles. The number of rotatable bonds is 2. The maximum atomic E-state index is 13.4. The van der Waals surface area contributed by atoms with Crippen molar-refractivity contribution < 1.29 is 22.5 Å². The first-order chi connectivity index (χ1) is 14.7. The summed E-state index contributed by atoms with van der Waals surface area (Å²) >= 11 is 0. The number of H-pyrrole nitrogens is 1. The number of nitrogens with zero attached hydrogens (tertiary/aromatic N) is 2.